The lowest BCUT2D eigenvalue weighted by Gasteiger charge is -2.34. The second kappa shape index (κ2) is 11.3. The van der Waals surface area contributed by atoms with Crippen LogP contribution in [-0.2, 0) is 16.0 Å². The number of benzene rings is 1. The first-order valence-corrected chi connectivity index (χ1v) is 11.7. The highest BCUT2D eigenvalue weighted by Crippen LogP contribution is 2.21. The molecule has 29 heavy (non-hydrogen) atoms. The maximum Gasteiger partial charge on any atom is 0.237 e. The number of aryl methyl sites for hydroxylation is 2. The molecule has 7 nitrogen and oxygen atoms in total. The number of rotatable bonds is 10. The minimum Gasteiger partial charge on any atom is -0.355 e. The minimum absolute atomic E-state index is 0.0511. The number of carbonyl (C=O) groups is 2. The summed E-state index contributed by atoms with van der Waals surface area (Å²) in [4.78, 5) is 26.8. The molecule has 3 rings (SSSR count). The third-order valence-corrected chi connectivity index (χ3v) is 6.71. The van der Waals surface area contributed by atoms with Gasteiger partial charge in [-0.25, -0.2) is 0 Å². The molecular formula is C20H27N5O2S2. The fourth-order valence-corrected chi connectivity index (χ4v) is 5.04. The van der Waals surface area contributed by atoms with Crippen molar-refractivity contribution in [1.82, 2.24) is 25.7 Å². The lowest BCUT2D eigenvalue weighted by atomic mass is 10.1. The van der Waals surface area contributed by atoms with E-state index in [2.05, 4.69) is 37.9 Å². The van der Waals surface area contributed by atoms with Gasteiger partial charge in [0, 0.05) is 25.4 Å². The van der Waals surface area contributed by atoms with E-state index in [4.69, 9.17) is 0 Å². The van der Waals surface area contributed by atoms with Crippen LogP contribution in [0.3, 0.4) is 0 Å². The lowest BCUT2D eigenvalue weighted by Crippen LogP contribution is -2.56. The number of aromatic nitrogens is 2. The number of hydrogen-bond acceptors (Lipinski definition) is 7. The smallest absolute Gasteiger partial charge is 0.237 e. The Bertz CT molecular complexity index is 799. The van der Waals surface area contributed by atoms with Gasteiger partial charge in [-0.2, -0.15) is 0 Å². The Balaban J connectivity index is 1.40. The van der Waals surface area contributed by atoms with Crippen LogP contribution < -0.4 is 10.6 Å². The van der Waals surface area contributed by atoms with E-state index in [1.807, 2.05) is 25.1 Å². The molecular weight excluding hydrogens is 406 g/mol. The molecule has 2 heterocycles. The summed E-state index contributed by atoms with van der Waals surface area (Å²) in [6.45, 7) is 4.70. The second-order valence-corrected chi connectivity index (χ2v) is 9.45. The molecule has 1 aromatic heterocycles. The first-order chi connectivity index (χ1) is 14.1. The number of nitrogens with one attached hydrogen (secondary N) is 2. The number of amides is 2. The van der Waals surface area contributed by atoms with Gasteiger partial charge in [-0.15, -0.1) is 10.2 Å². The number of piperazine rings is 1. The number of thioether (sulfide) groups is 1. The van der Waals surface area contributed by atoms with Crippen molar-refractivity contribution in [3.8, 4) is 0 Å². The molecule has 0 saturated carbocycles. The van der Waals surface area contributed by atoms with Crippen molar-refractivity contribution in [2.45, 2.75) is 36.6 Å². The molecule has 1 aliphatic heterocycles. The van der Waals surface area contributed by atoms with Crippen molar-refractivity contribution in [2.24, 2.45) is 0 Å². The molecule has 2 N–H and O–H groups in total. The summed E-state index contributed by atoms with van der Waals surface area (Å²) in [5.41, 5.74) is 1.30. The zero-order chi connectivity index (χ0) is 20.5. The first kappa shape index (κ1) is 21.7. The van der Waals surface area contributed by atoms with E-state index in [9.17, 15) is 9.59 Å². The molecule has 1 atom stereocenters. The van der Waals surface area contributed by atoms with Crippen LogP contribution >= 0.6 is 23.1 Å². The fourth-order valence-electron chi connectivity index (χ4n) is 3.30. The number of nitrogens with zero attached hydrogens (tertiary/aromatic N) is 3. The molecule has 1 aromatic carbocycles. The monoisotopic (exact) mass is 433 g/mol. The van der Waals surface area contributed by atoms with E-state index in [0.29, 0.717) is 13.1 Å². The van der Waals surface area contributed by atoms with Crippen molar-refractivity contribution >= 4 is 34.9 Å². The molecule has 0 bridgehead atoms. The van der Waals surface area contributed by atoms with Crippen molar-refractivity contribution in [2.75, 3.05) is 31.9 Å². The van der Waals surface area contributed by atoms with Gasteiger partial charge in [-0.3, -0.25) is 14.5 Å². The van der Waals surface area contributed by atoms with Gasteiger partial charge < -0.3 is 10.6 Å². The van der Waals surface area contributed by atoms with Crippen LogP contribution in [0.15, 0.2) is 34.7 Å². The Hall–Kier alpha value is -1.97. The van der Waals surface area contributed by atoms with Gasteiger partial charge in [0.2, 0.25) is 11.8 Å². The van der Waals surface area contributed by atoms with Crippen LogP contribution in [0, 0.1) is 6.92 Å². The van der Waals surface area contributed by atoms with Crippen LogP contribution in [0.1, 0.15) is 23.4 Å². The van der Waals surface area contributed by atoms with E-state index >= 15 is 0 Å². The molecule has 0 spiro atoms. The zero-order valence-electron chi connectivity index (χ0n) is 16.6. The minimum atomic E-state index is -0.391. The Morgan fingerprint density at radius 1 is 1.34 bits per heavy atom. The lowest BCUT2D eigenvalue weighted by molar-refractivity contribution is -0.133. The van der Waals surface area contributed by atoms with Gasteiger partial charge >= 0.3 is 0 Å². The molecule has 1 saturated heterocycles. The van der Waals surface area contributed by atoms with E-state index in [0.717, 1.165) is 41.0 Å². The van der Waals surface area contributed by atoms with E-state index in [1.165, 1.54) is 5.56 Å². The van der Waals surface area contributed by atoms with Gasteiger partial charge in [0.15, 0.2) is 4.34 Å². The largest absolute Gasteiger partial charge is 0.355 e. The summed E-state index contributed by atoms with van der Waals surface area (Å²) in [5, 5.41) is 14.8. The quantitative estimate of drug-likeness (QED) is 0.439. The summed E-state index contributed by atoms with van der Waals surface area (Å²) in [6, 6.07) is 9.95. The van der Waals surface area contributed by atoms with Crippen LogP contribution in [-0.4, -0.2) is 64.9 Å². The van der Waals surface area contributed by atoms with Crippen molar-refractivity contribution in [3.05, 3.63) is 40.9 Å². The van der Waals surface area contributed by atoms with Crippen LogP contribution in [0.4, 0.5) is 0 Å². The highest BCUT2D eigenvalue weighted by molar-refractivity contribution is 8.01. The molecule has 0 radical (unpaired) electrons. The molecule has 1 aliphatic rings. The van der Waals surface area contributed by atoms with Gasteiger partial charge in [0.05, 0.1) is 12.5 Å². The fraction of sp³-hybridized carbons (Fsp3) is 0.500. The highest BCUT2D eigenvalue weighted by Gasteiger charge is 2.31. The molecule has 156 valence electrons. The maximum absolute atomic E-state index is 12.4. The summed E-state index contributed by atoms with van der Waals surface area (Å²) in [6.07, 6.45) is 2.13. The summed E-state index contributed by atoms with van der Waals surface area (Å²) < 4.78 is 0.910. The molecule has 0 aliphatic carbocycles. The molecule has 2 amide bonds. The summed E-state index contributed by atoms with van der Waals surface area (Å²) in [7, 11) is 0. The third-order valence-electron chi connectivity index (χ3n) is 4.73. The maximum atomic E-state index is 12.4. The van der Waals surface area contributed by atoms with E-state index < -0.39 is 6.04 Å². The summed E-state index contributed by atoms with van der Waals surface area (Å²) >= 11 is 3.13. The molecule has 1 fully saturated rings. The standard InChI is InChI=1S/C20H27N5O2S2/c1-15-23-24-20(29-15)28-13-10-21-18(26)14-17-19(27)22-9-12-25(17)11-5-8-16-6-3-2-4-7-16/h2-4,6-7,17H,5,8-14H2,1H3,(H,21,26)(H,22,27)/t17-/m1/s1. The Morgan fingerprint density at radius 3 is 2.93 bits per heavy atom. The SMILES string of the molecule is Cc1nnc(SCCNC(=O)C[C@@H]2C(=O)NCCN2CCCc2ccccc2)s1. The predicted octanol–water partition coefficient (Wildman–Crippen LogP) is 1.88. The Morgan fingerprint density at radius 2 is 2.17 bits per heavy atom. The normalized spacial score (nSPS) is 17.1. The molecule has 2 aromatic rings. The number of carbonyl (C=O) groups excluding carboxylic acids is 2. The Labute approximate surface area is 179 Å². The molecule has 9 heteroatoms. The second-order valence-electron chi connectivity index (χ2n) is 6.92. The third kappa shape index (κ3) is 7.09. The van der Waals surface area contributed by atoms with Gasteiger partial charge in [0.1, 0.15) is 5.01 Å². The number of hydrogen-bond donors (Lipinski definition) is 2. The van der Waals surface area contributed by atoms with Gasteiger partial charge in [-0.05, 0) is 31.9 Å². The van der Waals surface area contributed by atoms with E-state index in [-0.39, 0.29) is 18.2 Å². The predicted molar refractivity (Wildman–Crippen MR) is 116 cm³/mol. The van der Waals surface area contributed by atoms with Crippen LogP contribution in [0.25, 0.3) is 0 Å². The Kier molecular flexibility index (Phi) is 8.45. The zero-order valence-corrected chi connectivity index (χ0v) is 18.2. The first-order valence-electron chi connectivity index (χ1n) is 9.87. The van der Waals surface area contributed by atoms with Crippen LogP contribution in [0.2, 0.25) is 0 Å². The summed E-state index contributed by atoms with van der Waals surface area (Å²) in [5.74, 6) is 0.594. The van der Waals surface area contributed by atoms with Crippen LogP contribution in [0.5, 0.6) is 0 Å². The van der Waals surface area contributed by atoms with Crippen molar-refractivity contribution < 1.29 is 9.59 Å². The van der Waals surface area contributed by atoms with E-state index in [1.54, 1.807) is 23.1 Å². The van der Waals surface area contributed by atoms with Gasteiger partial charge in [0.25, 0.3) is 0 Å². The molecule has 0 unspecified atom stereocenters. The average Bonchev–Trinajstić information content (AvgIpc) is 3.14. The van der Waals surface area contributed by atoms with Crippen molar-refractivity contribution in [3.63, 3.8) is 0 Å². The average molecular weight is 434 g/mol. The van der Waals surface area contributed by atoms with Gasteiger partial charge in [-0.1, -0.05) is 53.4 Å². The highest BCUT2D eigenvalue weighted by atomic mass is 32.2. The topological polar surface area (TPSA) is 87.2 Å². The van der Waals surface area contributed by atoms with Crippen molar-refractivity contribution in [1.29, 1.82) is 0 Å².